The van der Waals surface area contributed by atoms with Gasteiger partial charge in [-0.15, -0.1) is 0 Å². The number of primary amides is 1. The number of anilines is 1. The minimum absolute atomic E-state index is 0.00682. The van der Waals surface area contributed by atoms with E-state index in [-0.39, 0.29) is 24.2 Å². The Morgan fingerprint density at radius 2 is 1.83 bits per heavy atom. The van der Waals surface area contributed by atoms with Gasteiger partial charge in [-0.1, -0.05) is 18.2 Å². The van der Waals surface area contributed by atoms with Gasteiger partial charge in [-0.3, -0.25) is 9.59 Å². The van der Waals surface area contributed by atoms with E-state index >= 15 is 0 Å². The molecule has 0 aromatic heterocycles. The van der Waals surface area contributed by atoms with Crippen molar-refractivity contribution in [2.45, 2.75) is 13.5 Å². The molecule has 0 saturated heterocycles. The summed E-state index contributed by atoms with van der Waals surface area (Å²) in [6.07, 6.45) is 0. The summed E-state index contributed by atoms with van der Waals surface area (Å²) in [6, 6.07) is 8.53. The Morgan fingerprint density at radius 1 is 1.12 bits per heavy atom. The molecule has 24 heavy (non-hydrogen) atoms. The van der Waals surface area contributed by atoms with E-state index in [1.165, 1.54) is 19.1 Å². The Morgan fingerprint density at radius 3 is 2.50 bits per heavy atom. The molecule has 0 atom stereocenters. The number of hydrogen-bond acceptors (Lipinski definition) is 3. The first-order valence-electron chi connectivity index (χ1n) is 7.22. The van der Waals surface area contributed by atoms with E-state index < -0.39 is 23.4 Å². The van der Waals surface area contributed by atoms with Crippen molar-refractivity contribution < 1.29 is 18.4 Å². The summed E-state index contributed by atoms with van der Waals surface area (Å²) in [7, 11) is 0. The fourth-order valence-corrected chi connectivity index (χ4v) is 2.08. The van der Waals surface area contributed by atoms with Crippen molar-refractivity contribution in [3.05, 3.63) is 64.7 Å². The van der Waals surface area contributed by atoms with Crippen LogP contribution in [0.2, 0.25) is 0 Å². The third-order valence-corrected chi connectivity index (χ3v) is 3.50. The second-order valence-corrected chi connectivity index (χ2v) is 5.22. The Kier molecular flexibility index (Phi) is 5.47. The molecule has 0 bridgehead atoms. The molecule has 4 N–H and O–H groups in total. The Bertz CT molecular complexity index is 778. The number of rotatable bonds is 6. The van der Waals surface area contributed by atoms with Crippen LogP contribution in [0.3, 0.4) is 0 Å². The van der Waals surface area contributed by atoms with E-state index in [1.807, 2.05) is 0 Å². The van der Waals surface area contributed by atoms with Gasteiger partial charge in [0.2, 0.25) is 11.8 Å². The minimum Gasteiger partial charge on any atom is -0.376 e. The number of carbonyl (C=O) groups excluding carboxylic acids is 2. The monoisotopic (exact) mass is 333 g/mol. The van der Waals surface area contributed by atoms with E-state index in [9.17, 15) is 18.4 Å². The average Bonchev–Trinajstić information content (AvgIpc) is 2.55. The molecule has 2 aromatic carbocycles. The van der Waals surface area contributed by atoms with Gasteiger partial charge in [0.25, 0.3) is 0 Å². The molecule has 0 fully saturated rings. The van der Waals surface area contributed by atoms with Crippen molar-refractivity contribution in [1.82, 2.24) is 5.32 Å². The van der Waals surface area contributed by atoms with Crippen LogP contribution in [-0.4, -0.2) is 18.4 Å². The highest BCUT2D eigenvalue weighted by atomic mass is 19.1. The third-order valence-electron chi connectivity index (χ3n) is 3.50. The molecule has 0 spiro atoms. The number of nitrogens with one attached hydrogen (secondary N) is 2. The van der Waals surface area contributed by atoms with Crippen molar-refractivity contribution in [3.63, 3.8) is 0 Å². The van der Waals surface area contributed by atoms with Gasteiger partial charge in [0, 0.05) is 28.9 Å². The van der Waals surface area contributed by atoms with Gasteiger partial charge in [-0.05, 0) is 25.1 Å². The van der Waals surface area contributed by atoms with Crippen LogP contribution in [0.15, 0.2) is 36.4 Å². The van der Waals surface area contributed by atoms with Gasteiger partial charge in [-0.2, -0.15) is 0 Å². The molecule has 0 aliphatic carbocycles. The molecule has 2 aromatic rings. The maximum absolute atomic E-state index is 13.7. The average molecular weight is 333 g/mol. The van der Waals surface area contributed by atoms with Crippen molar-refractivity contribution in [2.24, 2.45) is 5.73 Å². The molecule has 0 saturated carbocycles. The largest absolute Gasteiger partial charge is 0.376 e. The zero-order chi connectivity index (χ0) is 17.7. The second kappa shape index (κ2) is 7.54. The van der Waals surface area contributed by atoms with Crippen LogP contribution in [0.1, 0.15) is 21.5 Å². The Labute approximate surface area is 137 Å². The van der Waals surface area contributed by atoms with E-state index in [4.69, 9.17) is 5.73 Å². The van der Waals surface area contributed by atoms with Crippen LogP contribution in [0.5, 0.6) is 0 Å². The van der Waals surface area contributed by atoms with Gasteiger partial charge in [0.1, 0.15) is 11.6 Å². The molecule has 2 rings (SSSR count). The van der Waals surface area contributed by atoms with Crippen LogP contribution in [0.4, 0.5) is 14.5 Å². The number of carbonyl (C=O) groups is 2. The van der Waals surface area contributed by atoms with Gasteiger partial charge < -0.3 is 16.4 Å². The van der Waals surface area contributed by atoms with E-state index in [0.717, 1.165) is 6.07 Å². The molecule has 0 radical (unpaired) electrons. The Balaban J connectivity index is 1.97. The first kappa shape index (κ1) is 17.4. The topological polar surface area (TPSA) is 84.2 Å². The van der Waals surface area contributed by atoms with Crippen LogP contribution >= 0.6 is 0 Å². The minimum atomic E-state index is -0.763. The molecule has 5 nitrogen and oxygen atoms in total. The van der Waals surface area contributed by atoms with E-state index in [1.54, 1.807) is 18.2 Å². The van der Waals surface area contributed by atoms with E-state index in [0.29, 0.717) is 11.3 Å². The SMILES string of the molecule is Cc1c(F)cc(C(N)=O)cc1NCC(=O)NCc1ccccc1F. The molecule has 0 heterocycles. The van der Waals surface area contributed by atoms with Gasteiger partial charge in [0.15, 0.2) is 0 Å². The maximum atomic E-state index is 13.7. The van der Waals surface area contributed by atoms with Gasteiger partial charge in [0.05, 0.1) is 6.54 Å². The molecule has 2 amide bonds. The van der Waals surface area contributed by atoms with Gasteiger partial charge >= 0.3 is 0 Å². The predicted octanol–water partition coefficient (Wildman–Crippen LogP) is 2.10. The highest BCUT2D eigenvalue weighted by Gasteiger charge is 2.11. The van der Waals surface area contributed by atoms with Crippen LogP contribution < -0.4 is 16.4 Å². The normalized spacial score (nSPS) is 10.3. The summed E-state index contributed by atoms with van der Waals surface area (Å²) < 4.78 is 27.2. The van der Waals surface area contributed by atoms with Gasteiger partial charge in [-0.25, -0.2) is 8.78 Å². The number of halogens is 2. The van der Waals surface area contributed by atoms with Crippen molar-refractivity contribution >= 4 is 17.5 Å². The quantitative estimate of drug-likeness (QED) is 0.757. The maximum Gasteiger partial charge on any atom is 0.248 e. The fraction of sp³-hybridized carbons (Fsp3) is 0.176. The summed E-state index contributed by atoms with van der Waals surface area (Å²) >= 11 is 0. The predicted molar refractivity (Wildman–Crippen MR) is 86.4 cm³/mol. The molecule has 0 aliphatic heterocycles. The smallest absolute Gasteiger partial charge is 0.248 e. The number of hydrogen-bond donors (Lipinski definition) is 3. The highest BCUT2D eigenvalue weighted by Crippen LogP contribution is 2.20. The Hall–Kier alpha value is -2.96. The first-order chi connectivity index (χ1) is 11.4. The molecular formula is C17H17F2N3O2. The lowest BCUT2D eigenvalue weighted by Crippen LogP contribution is -2.30. The van der Waals surface area contributed by atoms with Crippen molar-refractivity contribution in [2.75, 3.05) is 11.9 Å². The lowest BCUT2D eigenvalue weighted by atomic mass is 10.1. The molecule has 0 unspecified atom stereocenters. The van der Waals surface area contributed by atoms with Crippen LogP contribution in [-0.2, 0) is 11.3 Å². The summed E-state index contributed by atoms with van der Waals surface area (Å²) in [5, 5.41) is 5.30. The number of benzene rings is 2. The summed E-state index contributed by atoms with van der Waals surface area (Å²) in [5.74, 6) is -2.16. The van der Waals surface area contributed by atoms with Crippen LogP contribution in [0.25, 0.3) is 0 Å². The van der Waals surface area contributed by atoms with Crippen LogP contribution in [0, 0.1) is 18.6 Å². The zero-order valence-electron chi connectivity index (χ0n) is 13.0. The summed E-state index contributed by atoms with van der Waals surface area (Å²) in [5.41, 5.74) is 6.07. The highest BCUT2D eigenvalue weighted by molar-refractivity contribution is 5.94. The lowest BCUT2D eigenvalue weighted by Gasteiger charge is -2.12. The van der Waals surface area contributed by atoms with Crippen molar-refractivity contribution in [3.8, 4) is 0 Å². The van der Waals surface area contributed by atoms with E-state index in [2.05, 4.69) is 10.6 Å². The fourth-order valence-electron chi connectivity index (χ4n) is 2.08. The molecule has 126 valence electrons. The third kappa shape index (κ3) is 4.28. The molecule has 0 aliphatic rings. The summed E-state index contributed by atoms with van der Waals surface area (Å²) in [6.45, 7) is 1.40. The molecule has 7 heteroatoms. The number of amides is 2. The standard InChI is InChI=1S/C17H17F2N3O2/c1-10-14(19)6-12(17(20)24)7-15(10)21-9-16(23)22-8-11-4-2-3-5-13(11)18/h2-7,21H,8-9H2,1H3,(H2,20,24)(H,22,23). The summed E-state index contributed by atoms with van der Waals surface area (Å²) in [4.78, 5) is 23.0. The zero-order valence-corrected chi connectivity index (χ0v) is 13.0. The second-order valence-electron chi connectivity index (χ2n) is 5.22. The lowest BCUT2D eigenvalue weighted by molar-refractivity contribution is -0.119. The van der Waals surface area contributed by atoms with Crippen molar-refractivity contribution in [1.29, 1.82) is 0 Å². The molecular weight excluding hydrogens is 316 g/mol. The number of nitrogens with two attached hydrogens (primary N) is 1. The first-order valence-corrected chi connectivity index (χ1v) is 7.22.